The fraction of sp³-hybridized carbons (Fsp3) is 0.812. The van der Waals surface area contributed by atoms with Crippen LogP contribution in [0.5, 0.6) is 0 Å². The van der Waals surface area contributed by atoms with E-state index >= 15 is 0 Å². The lowest BCUT2D eigenvalue weighted by Gasteiger charge is -2.24. The van der Waals surface area contributed by atoms with Crippen molar-refractivity contribution in [1.29, 1.82) is 0 Å². The molecular weight excluding hydrogens is 466 g/mol. The number of allylic oxidation sites excluding steroid dienone is 2. The van der Waals surface area contributed by atoms with E-state index in [0.29, 0.717) is 6.42 Å². The van der Waals surface area contributed by atoms with Gasteiger partial charge in [-0.05, 0) is 43.9 Å². The molecule has 0 spiro atoms. The fourth-order valence-corrected chi connectivity index (χ4v) is 7.22. The highest BCUT2D eigenvalue weighted by Gasteiger charge is 2.62. The number of fused-ring (bicyclic) bond motifs is 2. The molecule has 0 aromatic rings. The molecule has 6 nitrogen and oxygen atoms in total. The Hall–Kier alpha value is -1.31. The number of esters is 1. The third kappa shape index (κ3) is 4.78. The van der Waals surface area contributed by atoms with Gasteiger partial charge in [-0.1, -0.05) is 19.1 Å². The summed E-state index contributed by atoms with van der Waals surface area (Å²) in [5.74, 6) is -1.05. The van der Waals surface area contributed by atoms with Crippen LogP contribution in [0.2, 0.25) is 0 Å². The summed E-state index contributed by atoms with van der Waals surface area (Å²) in [6.07, 6.45) is 1.43. The number of rotatable bonds is 8. The minimum atomic E-state index is -6.69. The minimum absolute atomic E-state index is 0.0484. The largest absolute Gasteiger partial charge is 0.498 e. The summed E-state index contributed by atoms with van der Waals surface area (Å²) in [4.78, 5) is 12.3. The number of carbonyl (C=O) groups excluding carboxylic acids is 1. The first-order valence-corrected chi connectivity index (χ1v) is 12.1. The van der Waals surface area contributed by atoms with Gasteiger partial charge < -0.3 is 4.74 Å². The second kappa shape index (κ2) is 8.32. The van der Waals surface area contributed by atoms with E-state index in [0.717, 1.165) is 6.42 Å². The van der Waals surface area contributed by atoms with Crippen LogP contribution in [0, 0.1) is 17.8 Å². The number of sulfone groups is 2. The Morgan fingerprint density at radius 3 is 1.87 bits per heavy atom. The van der Waals surface area contributed by atoms with Crippen LogP contribution in [0.3, 0.4) is 0 Å². The molecule has 4 atom stereocenters. The Kier molecular flexibility index (Phi) is 6.92. The van der Waals surface area contributed by atoms with Crippen molar-refractivity contribution in [2.24, 2.45) is 17.8 Å². The second-order valence-corrected chi connectivity index (χ2v) is 11.9. The molecule has 1 saturated carbocycles. The fourth-order valence-electron chi connectivity index (χ4n) is 3.75. The standard InChI is InChI=1S/C16H20F6O6S2/c1-2-11(28-14(23)12-8-9-3-4-10(12)7-9)5-6-13(29(24,25)15(17,18)19)30(26,27)16(20,21)22/h3-4,9-13H,2,5-8H2,1H3. The van der Waals surface area contributed by atoms with E-state index in [-0.39, 0.29) is 18.3 Å². The first-order valence-electron chi connectivity index (χ1n) is 9.01. The Labute approximate surface area is 169 Å². The van der Waals surface area contributed by atoms with Crippen LogP contribution in [0.1, 0.15) is 39.0 Å². The smallest absolute Gasteiger partial charge is 0.462 e. The van der Waals surface area contributed by atoms with E-state index in [2.05, 4.69) is 0 Å². The number of ether oxygens (including phenoxy) is 1. The first kappa shape index (κ1) is 25.0. The second-order valence-electron chi connectivity index (χ2n) is 7.34. The van der Waals surface area contributed by atoms with Gasteiger partial charge in [-0.2, -0.15) is 26.3 Å². The molecule has 0 aliphatic heterocycles. The van der Waals surface area contributed by atoms with Gasteiger partial charge in [0.05, 0.1) is 5.92 Å². The molecule has 4 unspecified atom stereocenters. The molecule has 14 heteroatoms. The number of alkyl halides is 6. The normalized spacial score (nSPS) is 25.7. The maximum atomic E-state index is 12.8. The van der Waals surface area contributed by atoms with Gasteiger partial charge in [-0.3, -0.25) is 4.79 Å². The Morgan fingerprint density at radius 1 is 0.967 bits per heavy atom. The molecule has 1 fully saturated rings. The molecule has 2 aliphatic carbocycles. The predicted octanol–water partition coefficient (Wildman–Crippen LogP) is 3.50. The third-order valence-corrected chi connectivity index (χ3v) is 10.0. The van der Waals surface area contributed by atoms with E-state index in [1.165, 1.54) is 6.92 Å². The summed E-state index contributed by atoms with van der Waals surface area (Å²) in [5, 5.41) is 0. The van der Waals surface area contributed by atoms with Crippen molar-refractivity contribution in [1.82, 2.24) is 0 Å². The summed E-state index contributed by atoms with van der Waals surface area (Å²) in [5.41, 5.74) is -12.4. The van der Waals surface area contributed by atoms with E-state index in [9.17, 15) is 48.0 Å². The van der Waals surface area contributed by atoms with Gasteiger partial charge in [-0.25, -0.2) is 16.8 Å². The summed E-state index contributed by atoms with van der Waals surface area (Å²) >= 11 is 0. The van der Waals surface area contributed by atoms with E-state index in [4.69, 9.17) is 4.74 Å². The zero-order valence-electron chi connectivity index (χ0n) is 15.6. The number of halogens is 6. The zero-order valence-corrected chi connectivity index (χ0v) is 17.2. The van der Waals surface area contributed by atoms with E-state index in [1.54, 1.807) is 0 Å². The first-order chi connectivity index (χ1) is 13.5. The topological polar surface area (TPSA) is 94.6 Å². The van der Waals surface area contributed by atoms with E-state index in [1.807, 2.05) is 12.2 Å². The molecule has 0 amide bonds. The molecule has 2 bridgehead atoms. The van der Waals surface area contributed by atoms with Crippen molar-refractivity contribution in [3.8, 4) is 0 Å². The zero-order chi connectivity index (χ0) is 23.1. The Balaban J connectivity index is 2.17. The molecule has 0 aromatic carbocycles. The van der Waals surface area contributed by atoms with Crippen LogP contribution in [0.4, 0.5) is 26.3 Å². The van der Waals surface area contributed by atoms with Gasteiger partial charge in [0.1, 0.15) is 6.10 Å². The SMILES string of the molecule is CCC(CCC(S(=O)(=O)C(F)(F)F)S(=O)(=O)C(F)(F)F)OC(=O)C1CC2C=CC1C2. The van der Waals surface area contributed by atoms with Gasteiger partial charge >= 0.3 is 17.0 Å². The van der Waals surface area contributed by atoms with Crippen molar-refractivity contribution in [2.75, 3.05) is 0 Å². The minimum Gasteiger partial charge on any atom is -0.462 e. The van der Waals surface area contributed by atoms with Crippen LogP contribution in [-0.2, 0) is 29.2 Å². The average Bonchev–Trinajstić information content (AvgIpc) is 3.21. The van der Waals surface area contributed by atoms with Crippen LogP contribution in [-0.4, -0.2) is 44.5 Å². The van der Waals surface area contributed by atoms with Gasteiger partial charge in [0.2, 0.25) is 0 Å². The summed E-state index contributed by atoms with van der Waals surface area (Å²) in [7, 11) is -13.4. The van der Waals surface area contributed by atoms with Gasteiger partial charge in [0, 0.05) is 0 Å². The molecule has 0 saturated heterocycles. The Morgan fingerprint density at radius 2 is 1.50 bits per heavy atom. The average molecular weight is 486 g/mol. The van der Waals surface area contributed by atoms with Crippen LogP contribution < -0.4 is 0 Å². The van der Waals surface area contributed by atoms with Crippen molar-refractivity contribution in [2.45, 2.75) is 60.7 Å². The molecule has 2 rings (SSSR count). The quantitative estimate of drug-likeness (QED) is 0.296. The molecule has 174 valence electrons. The lowest BCUT2D eigenvalue weighted by molar-refractivity contribution is -0.155. The molecule has 0 aromatic heterocycles. The highest BCUT2D eigenvalue weighted by molar-refractivity contribution is 8.09. The predicted molar refractivity (Wildman–Crippen MR) is 92.0 cm³/mol. The number of hydrogen-bond acceptors (Lipinski definition) is 6. The van der Waals surface area contributed by atoms with Crippen LogP contribution >= 0.6 is 0 Å². The summed E-state index contributed by atoms with van der Waals surface area (Å²) in [6, 6.07) is 0. The lowest BCUT2D eigenvalue weighted by atomic mass is 9.94. The maximum absolute atomic E-state index is 12.8. The molecule has 0 N–H and O–H groups in total. The molecule has 0 radical (unpaired) electrons. The van der Waals surface area contributed by atoms with Crippen molar-refractivity contribution >= 4 is 25.6 Å². The monoisotopic (exact) mass is 486 g/mol. The van der Waals surface area contributed by atoms with Crippen molar-refractivity contribution in [3.05, 3.63) is 12.2 Å². The molecular formula is C16H20F6O6S2. The molecule has 0 heterocycles. The maximum Gasteiger partial charge on any atom is 0.498 e. The van der Waals surface area contributed by atoms with Crippen LogP contribution in [0.15, 0.2) is 12.2 Å². The summed E-state index contributed by atoms with van der Waals surface area (Å²) < 4.78 is 124. The Bertz CT molecular complexity index is 846. The number of hydrogen-bond donors (Lipinski definition) is 0. The third-order valence-electron chi connectivity index (χ3n) is 5.38. The highest BCUT2D eigenvalue weighted by atomic mass is 32.3. The van der Waals surface area contributed by atoms with Gasteiger partial charge in [0.15, 0.2) is 4.58 Å². The van der Waals surface area contributed by atoms with E-state index < -0.39 is 66.1 Å². The highest BCUT2D eigenvalue weighted by Crippen LogP contribution is 2.44. The lowest BCUT2D eigenvalue weighted by Crippen LogP contribution is -2.45. The number of carbonyl (C=O) groups is 1. The van der Waals surface area contributed by atoms with Crippen molar-refractivity contribution < 1.29 is 52.7 Å². The molecule has 2 aliphatic rings. The molecule has 30 heavy (non-hydrogen) atoms. The summed E-state index contributed by atoms with van der Waals surface area (Å²) in [6.45, 7) is 1.42. The van der Waals surface area contributed by atoms with Crippen LogP contribution in [0.25, 0.3) is 0 Å². The van der Waals surface area contributed by atoms with Gasteiger partial charge in [-0.15, -0.1) is 0 Å². The van der Waals surface area contributed by atoms with Crippen molar-refractivity contribution in [3.63, 3.8) is 0 Å². The van der Waals surface area contributed by atoms with Gasteiger partial charge in [0.25, 0.3) is 19.7 Å².